The van der Waals surface area contributed by atoms with Gasteiger partial charge in [0.15, 0.2) is 0 Å². The molecule has 0 radical (unpaired) electrons. The van der Waals surface area contributed by atoms with Crippen LogP contribution in [-0.4, -0.2) is 33.2 Å². The van der Waals surface area contributed by atoms with Crippen LogP contribution in [0.3, 0.4) is 0 Å². The molecule has 0 unspecified atom stereocenters. The number of hydrogen-bond donors (Lipinski definition) is 2. The number of aliphatic hydroxyl groups is 1. The number of aliphatic hydroxyl groups excluding tert-OH is 1. The fraction of sp³-hybridized carbons (Fsp3) is 0.583. The summed E-state index contributed by atoms with van der Waals surface area (Å²) in [5.74, 6) is -0.414. The molecule has 1 aromatic rings. The molecule has 7 heteroatoms. The normalized spacial score (nSPS) is 12.5. The van der Waals surface area contributed by atoms with E-state index in [1.54, 1.807) is 4.57 Å². The summed E-state index contributed by atoms with van der Waals surface area (Å²) in [5, 5.41) is 22.5. The molecule has 0 spiro atoms. The van der Waals surface area contributed by atoms with E-state index in [1.807, 2.05) is 20.8 Å². The van der Waals surface area contributed by atoms with Crippen LogP contribution < -0.4 is 5.32 Å². The Bertz CT molecular complexity index is 464. The Morgan fingerprint density at radius 3 is 2.63 bits per heavy atom. The molecule has 0 saturated carbocycles. The molecule has 0 fully saturated rings. The van der Waals surface area contributed by atoms with Crippen molar-refractivity contribution in [3.8, 4) is 0 Å². The second-order valence-corrected chi connectivity index (χ2v) is 4.60. The van der Waals surface area contributed by atoms with Crippen LogP contribution in [0.5, 0.6) is 0 Å². The lowest BCUT2D eigenvalue weighted by Crippen LogP contribution is -2.38. The van der Waals surface area contributed by atoms with Gasteiger partial charge in [0.05, 0.1) is 23.8 Å². The lowest BCUT2D eigenvalue weighted by Gasteiger charge is -2.16. The molecule has 1 amide bonds. The van der Waals surface area contributed by atoms with Crippen molar-refractivity contribution < 1.29 is 14.8 Å². The topological polar surface area (TPSA) is 97.4 Å². The van der Waals surface area contributed by atoms with Crippen LogP contribution in [0.25, 0.3) is 0 Å². The van der Waals surface area contributed by atoms with Gasteiger partial charge >= 0.3 is 0 Å². The first-order valence-electron chi connectivity index (χ1n) is 6.18. The van der Waals surface area contributed by atoms with Crippen LogP contribution in [0.1, 0.15) is 43.7 Å². The first-order valence-corrected chi connectivity index (χ1v) is 6.18. The second kappa shape index (κ2) is 6.33. The number of carbonyl (C=O) groups excluding carboxylic acids is 1. The van der Waals surface area contributed by atoms with Crippen molar-refractivity contribution in [2.45, 2.75) is 39.3 Å². The van der Waals surface area contributed by atoms with E-state index in [0.29, 0.717) is 6.42 Å². The summed E-state index contributed by atoms with van der Waals surface area (Å²) >= 11 is 0. The Kier molecular flexibility index (Phi) is 5.05. The van der Waals surface area contributed by atoms with Gasteiger partial charge in [-0.25, -0.2) is 0 Å². The summed E-state index contributed by atoms with van der Waals surface area (Å²) in [6.45, 7) is 5.35. The number of carbonyl (C=O) groups is 1. The van der Waals surface area contributed by atoms with Crippen molar-refractivity contribution >= 4 is 11.6 Å². The molecular weight excluding hydrogens is 250 g/mol. The van der Waals surface area contributed by atoms with Crippen LogP contribution in [0, 0.1) is 10.1 Å². The van der Waals surface area contributed by atoms with Crippen LogP contribution in [0.2, 0.25) is 0 Å². The minimum Gasteiger partial charge on any atom is -0.394 e. The fourth-order valence-corrected chi connectivity index (χ4v) is 1.71. The first kappa shape index (κ1) is 15.2. The molecule has 0 aliphatic rings. The third-order valence-electron chi connectivity index (χ3n) is 2.88. The molecule has 0 saturated heterocycles. The third-order valence-corrected chi connectivity index (χ3v) is 2.88. The van der Waals surface area contributed by atoms with Gasteiger partial charge in [-0.05, 0) is 20.3 Å². The zero-order valence-corrected chi connectivity index (χ0v) is 11.3. The van der Waals surface area contributed by atoms with Gasteiger partial charge in [-0.2, -0.15) is 0 Å². The number of rotatable bonds is 6. The largest absolute Gasteiger partial charge is 0.394 e. The predicted octanol–water partition coefficient (Wildman–Crippen LogP) is 1.48. The summed E-state index contributed by atoms with van der Waals surface area (Å²) in [6, 6.07) is 0.838. The Morgan fingerprint density at radius 1 is 1.58 bits per heavy atom. The Morgan fingerprint density at radius 2 is 2.21 bits per heavy atom. The summed E-state index contributed by atoms with van der Waals surface area (Å²) in [6.07, 6.45) is 1.94. The van der Waals surface area contributed by atoms with Gasteiger partial charge in [-0.1, -0.05) is 6.92 Å². The number of amides is 1. The fourth-order valence-electron chi connectivity index (χ4n) is 1.71. The van der Waals surface area contributed by atoms with Crippen molar-refractivity contribution in [2.24, 2.45) is 0 Å². The van der Waals surface area contributed by atoms with Gasteiger partial charge in [0.1, 0.15) is 5.69 Å². The van der Waals surface area contributed by atoms with Gasteiger partial charge in [0.2, 0.25) is 0 Å². The maximum absolute atomic E-state index is 12.1. The molecule has 1 rings (SSSR count). The molecule has 2 N–H and O–H groups in total. The SMILES string of the molecule is CC[C@H](CO)NC(=O)c1cc([N+](=O)[O-])cn1C(C)C. The Hall–Kier alpha value is -1.89. The zero-order valence-electron chi connectivity index (χ0n) is 11.3. The Balaban J connectivity index is 3.04. The molecular formula is C12H19N3O4. The van der Waals surface area contributed by atoms with Crippen molar-refractivity contribution in [3.05, 3.63) is 28.1 Å². The number of nitrogens with one attached hydrogen (secondary N) is 1. The van der Waals surface area contributed by atoms with E-state index < -0.39 is 10.8 Å². The van der Waals surface area contributed by atoms with Crippen molar-refractivity contribution in [3.63, 3.8) is 0 Å². The van der Waals surface area contributed by atoms with E-state index in [-0.39, 0.29) is 30.1 Å². The second-order valence-electron chi connectivity index (χ2n) is 4.60. The average Bonchev–Trinajstić information content (AvgIpc) is 2.81. The maximum atomic E-state index is 12.1. The minimum absolute atomic E-state index is 0.0661. The van der Waals surface area contributed by atoms with Crippen LogP contribution in [0.15, 0.2) is 12.3 Å². The summed E-state index contributed by atoms with van der Waals surface area (Å²) in [5.41, 5.74) is 0.115. The number of nitro groups is 1. The number of hydrogen-bond acceptors (Lipinski definition) is 4. The predicted molar refractivity (Wildman–Crippen MR) is 70.1 cm³/mol. The van der Waals surface area contributed by atoms with E-state index in [0.717, 1.165) is 0 Å². The van der Waals surface area contributed by atoms with E-state index in [2.05, 4.69) is 5.32 Å². The summed E-state index contributed by atoms with van der Waals surface area (Å²) < 4.78 is 1.55. The molecule has 0 aliphatic heterocycles. The maximum Gasteiger partial charge on any atom is 0.287 e. The first-order chi connectivity index (χ1) is 8.90. The number of aromatic nitrogens is 1. The Labute approximate surface area is 111 Å². The summed E-state index contributed by atoms with van der Waals surface area (Å²) in [7, 11) is 0. The third kappa shape index (κ3) is 3.54. The van der Waals surface area contributed by atoms with Gasteiger partial charge in [0, 0.05) is 12.1 Å². The van der Waals surface area contributed by atoms with Crippen molar-refractivity contribution in [2.75, 3.05) is 6.61 Å². The molecule has 0 bridgehead atoms. The number of nitrogens with zero attached hydrogens (tertiary/aromatic N) is 2. The van der Waals surface area contributed by atoms with Crippen LogP contribution in [-0.2, 0) is 0 Å². The summed E-state index contributed by atoms with van der Waals surface area (Å²) in [4.78, 5) is 22.3. The van der Waals surface area contributed by atoms with Crippen LogP contribution >= 0.6 is 0 Å². The zero-order chi connectivity index (χ0) is 14.6. The van der Waals surface area contributed by atoms with Crippen molar-refractivity contribution in [1.82, 2.24) is 9.88 Å². The van der Waals surface area contributed by atoms with Crippen LogP contribution in [0.4, 0.5) is 5.69 Å². The van der Waals surface area contributed by atoms with E-state index in [1.165, 1.54) is 12.3 Å². The highest BCUT2D eigenvalue weighted by Crippen LogP contribution is 2.20. The van der Waals surface area contributed by atoms with E-state index in [9.17, 15) is 14.9 Å². The molecule has 1 aromatic heterocycles. The highest BCUT2D eigenvalue weighted by Gasteiger charge is 2.22. The van der Waals surface area contributed by atoms with E-state index >= 15 is 0 Å². The molecule has 19 heavy (non-hydrogen) atoms. The van der Waals surface area contributed by atoms with Crippen molar-refractivity contribution in [1.29, 1.82) is 0 Å². The molecule has 0 aromatic carbocycles. The lowest BCUT2D eigenvalue weighted by molar-refractivity contribution is -0.384. The van der Waals surface area contributed by atoms with E-state index in [4.69, 9.17) is 5.11 Å². The molecule has 7 nitrogen and oxygen atoms in total. The highest BCUT2D eigenvalue weighted by atomic mass is 16.6. The average molecular weight is 269 g/mol. The van der Waals surface area contributed by atoms with Gasteiger partial charge in [0.25, 0.3) is 11.6 Å². The van der Waals surface area contributed by atoms with Gasteiger partial charge in [-0.15, -0.1) is 0 Å². The van der Waals surface area contributed by atoms with Gasteiger partial charge in [-0.3, -0.25) is 14.9 Å². The molecule has 0 aliphatic carbocycles. The monoisotopic (exact) mass is 269 g/mol. The molecule has 1 atom stereocenters. The van der Waals surface area contributed by atoms with Gasteiger partial charge < -0.3 is 15.0 Å². The quantitative estimate of drug-likeness (QED) is 0.603. The lowest BCUT2D eigenvalue weighted by atomic mass is 10.2. The molecule has 106 valence electrons. The standard InChI is InChI=1S/C12H19N3O4/c1-4-9(7-16)13-12(17)11-5-10(15(18)19)6-14(11)8(2)3/h5-6,8-9,16H,4,7H2,1-3H3,(H,13,17)/t9-/m1/s1. The molecule has 1 heterocycles. The minimum atomic E-state index is -0.529. The smallest absolute Gasteiger partial charge is 0.287 e. The highest BCUT2D eigenvalue weighted by molar-refractivity contribution is 5.93.